The number of methoxy groups -OCH3 is 1. The van der Waals surface area contributed by atoms with Gasteiger partial charge in [0.1, 0.15) is 5.82 Å². The third-order valence-electron chi connectivity index (χ3n) is 2.53. The van der Waals surface area contributed by atoms with E-state index in [9.17, 15) is 9.18 Å². The molecule has 1 aromatic rings. The van der Waals surface area contributed by atoms with Gasteiger partial charge in [-0.3, -0.25) is 0 Å². The Morgan fingerprint density at radius 1 is 1.59 bits per heavy atom. The first kappa shape index (κ1) is 12.4. The summed E-state index contributed by atoms with van der Waals surface area (Å²) >= 11 is 1.74. The third kappa shape index (κ3) is 2.98. The topological polar surface area (TPSA) is 35.5 Å². The molecule has 0 unspecified atom stereocenters. The van der Waals surface area contributed by atoms with E-state index in [1.165, 1.54) is 19.2 Å². The molecule has 0 aromatic heterocycles. The van der Waals surface area contributed by atoms with Crippen molar-refractivity contribution >= 4 is 17.7 Å². The number of hydrogen-bond donors (Lipinski definition) is 0. The number of rotatable bonds is 4. The molecule has 3 nitrogen and oxygen atoms in total. The van der Waals surface area contributed by atoms with E-state index in [-0.39, 0.29) is 5.56 Å². The summed E-state index contributed by atoms with van der Waals surface area (Å²) in [7, 11) is 1.24. The molecule has 2 rings (SSSR count). The van der Waals surface area contributed by atoms with E-state index in [0.29, 0.717) is 5.25 Å². The van der Waals surface area contributed by atoms with Gasteiger partial charge in [-0.05, 0) is 17.7 Å². The molecule has 1 aromatic carbocycles. The van der Waals surface area contributed by atoms with Crippen molar-refractivity contribution in [2.75, 3.05) is 20.3 Å². The predicted molar refractivity (Wildman–Crippen MR) is 63.6 cm³/mol. The maximum absolute atomic E-state index is 13.6. The molecule has 0 aliphatic carbocycles. The molecule has 17 heavy (non-hydrogen) atoms. The number of hydrogen-bond acceptors (Lipinski definition) is 4. The van der Waals surface area contributed by atoms with Crippen LogP contribution in [0, 0.1) is 5.82 Å². The minimum atomic E-state index is -0.644. The highest BCUT2D eigenvalue weighted by Gasteiger charge is 2.19. The van der Waals surface area contributed by atoms with E-state index in [1.54, 1.807) is 17.8 Å². The van der Waals surface area contributed by atoms with Gasteiger partial charge in [-0.25, -0.2) is 9.18 Å². The van der Waals surface area contributed by atoms with Gasteiger partial charge in [-0.2, -0.15) is 0 Å². The Kier molecular flexibility index (Phi) is 4.02. The Bertz CT molecular complexity index is 418. The second-order valence-corrected chi connectivity index (χ2v) is 5.06. The minimum Gasteiger partial charge on any atom is -0.465 e. The van der Waals surface area contributed by atoms with Crippen LogP contribution < -0.4 is 0 Å². The quantitative estimate of drug-likeness (QED) is 0.774. The Hall–Kier alpha value is -1.07. The number of carbonyl (C=O) groups excluding carboxylic acids is 1. The van der Waals surface area contributed by atoms with Gasteiger partial charge < -0.3 is 9.47 Å². The zero-order valence-corrected chi connectivity index (χ0v) is 10.3. The third-order valence-corrected chi connectivity index (χ3v) is 3.78. The summed E-state index contributed by atoms with van der Waals surface area (Å²) in [6.45, 7) is 1.54. The zero-order valence-electron chi connectivity index (χ0n) is 9.44. The summed E-state index contributed by atoms with van der Waals surface area (Å²) < 4.78 is 23.1. The number of benzene rings is 1. The molecule has 5 heteroatoms. The van der Waals surface area contributed by atoms with Gasteiger partial charge in [-0.1, -0.05) is 6.07 Å². The summed E-state index contributed by atoms with van der Waals surface area (Å²) in [5.41, 5.74) is 0.847. The highest BCUT2D eigenvalue weighted by atomic mass is 32.2. The van der Waals surface area contributed by atoms with Crippen molar-refractivity contribution in [3.8, 4) is 0 Å². The Labute approximate surface area is 103 Å². The van der Waals surface area contributed by atoms with Gasteiger partial charge in [0.05, 0.1) is 31.1 Å². The van der Waals surface area contributed by atoms with Crippen LogP contribution in [0.4, 0.5) is 4.39 Å². The molecule has 1 aliphatic heterocycles. The van der Waals surface area contributed by atoms with Crippen LogP contribution in [0.25, 0.3) is 0 Å². The van der Waals surface area contributed by atoms with E-state index in [0.717, 1.165) is 24.5 Å². The van der Waals surface area contributed by atoms with Crippen LogP contribution in [-0.2, 0) is 15.2 Å². The first-order valence-corrected chi connectivity index (χ1v) is 6.31. The number of ether oxygens (including phenoxy) is 2. The van der Waals surface area contributed by atoms with Crippen LogP contribution >= 0.6 is 11.8 Å². The minimum absolute atomic E-state index is 0.0202. The number of carbonyl (C=O) groups is 1. The van der Waals surface area contributed by atoms with E-state index in [2.05, 4.69) is 4.74 Å². The van der Waals surface area contributed by atoms with E-state index in [4.69, 9.17) is 4.74 Å². The first-order valence-electron chi connectivity index (χ1n) is 5.27. The molecule has 92 valence electrons. The summed E-state index contributed by atoms with van der Waals surface area (Å²) in [5.74, 6) is -0.444. The summed E-state index contributed by atoms with van der Waals surface area (Å²) in [6.07, 6.45) is 0. The molecule has 1 saturated heterocycles. The Morgan fingerprint density at radius 2 is 2.35 bits per heavy atom. The molecule has 1 heterocycles. The molecule has 0 amide bonds. The van der Waals surface area contributed by atoms with Crippen LogP contribution in [-0.4, -0.2) is 31.5 Å². The lowest BCUT2D eigenvalue weighted by atomic mass is 10.1. The average Bonchev–Trinajstić information content (AvgIpc) is 2.26. The SMILES string of the molecule is COC(=O)c1ccc(CSC2COC2)cc1F. The normalized spacial score (nSPS) is 15.4. The summed E-state index contributed by atoms with van der Waals surface area (Å²) in [4.78, 5) is 11.2. The lowest BCUT2D eigenvalue weighted by Crippen LogP contribution is -2.30. The standard InChI is InChI=1S/C12H13FO3S/c1-15-12(14)10-3-2-8(4-11(10)13)7-17-9-5-16-6-9/h2-4,9H,5-7H2,1H3. The molecule has 0 saturated carbocycles. The van der Waals surface area contributed by atoms with Crippen LogP contribution in [0.1, 0.15) is 15.9 Å². The van der Waals surface area contributed by atoms with Gasteiger partial charge in [0.15, 0.2) is 0 Å². The van der Waals surface area contributed by atoms with Gasteiger partial charge in [0, 0.05) is 5.75 Å². The second kappa shape index (κ2) is 5.51. The van der Waals surface area contributed by atoms with E-state index >= 15 is 0 Å². The summed E-state index contributed by atoms with van der Waals surface area (Å²) in [5, 5.41) is 0.512. The molecular weight excluding hydrogens is 243 g/mol. The highest BCUT2D eigenvalue weighted by Crippen LogP contribution is 2.24. The van der Waals surface area contributed by atoms with Crippen molar-refractivity contribution in [2.45, 2.75) is 11.0 Å². The van der Waals surface area contributed by atoms with Crippen LogP contribution in [0.2, 0.25) is 0 Å². The fourth-order valence-electron chi connectivity index (χ4n) is 1.45. The Morgan fingerprint density at radius 3 is 2.88 bits per heavy atom. The molecule has 0 spiro atoms. The smallest absolute Gasteiger partial charge is 0.340 e. The van der Waals surface area contributed by atoms with Gasteiger partial charge in [-0.15, -0.1) is 11.8 Å². The first-order chi connectivity index (χ1) is 8.20. The molecule has 0 N–H and O–H groups in total. The van der Waals surface area contributed by atoms with Crippen molar-refractivity contribution in [3.63, 3.8) is 0 Å². The molecule has 0 atom stereocenters. The van der Waals surface area contributed by atoms with E-state index < -0.39 is 11.8 Å². The molecular formula is C12H13FO3S. The van der Waals surface area contributed by atoms with Gasteiger partial charge in [0.25, 0.3) is 0 Å². The van der Waals surface area contributed by atoms with Crippen LogP contribution in [0.3, 0.4) is 0 Å². The average molecular weight is 256 g/mol. The number of thioether (sulfide) groups is 1. The van der Waals surface area contributed by atoms with Crippen molar-refractivity contribution in [2.24, 2.45) is 0 Å². The maximum atomic E-state index is 13.6. The lowest BCUT2D eigenvalue weighted by Gasteiger charge is -2.25. The number of halogens is 1. The zero-order chi connectivity index (χ0) is 12.3. The monoisotopic (exact) mass is 256 g/mol. The fraction of sp³-hybridized carbons (Fsp3) is 0.417. The van der Waals surface area contributed by atoms with Crippen molar-refractivity contribution < 1.29 is 18.7 Å². The van der Waals surface area contributed by atoms with Crippen molar-refractivity contribution in [1.29, 1.82) is 0 Å². The molecule has 1 fully saturated rings. The van der Waals surface area contributed by atoms with Crippen LogP contribution in [0.5, 0.6) is 0 Å². The van der Waals surface area contributed by atoms with Crippen molar-refractivity contribution in [1.82, 2.24) is 0 Å². The Balaban J connectivity index is 1.99. The van der Waals surface area contributed by atoms with Crippen molar-refractivity contribution in [3.05, 3.63) is 35.1 Å². The predicted octanol–water partition coefficient (Wildman–Crippen LogP) is 2.24. The van der Waals surface area contributed by atoms with Gasteiger partial charge >= 0.3 is 5.97 Å². The van der Waals surface area contributed by atoms with E-state index in [1.807, 2.05) is 0 Å². The molecule has 0 bridgehead atoms. The fourth-order valence-corrected chi connectivity index (χ4v) is 2.44. The van der Waals surface area contributed by atoms with Crippen LogP contribution in [0.15, 0.2) is 18.2 Å². The highest BCUT2D eigenvalue weighted by molar-refractivity contribution is 7.99. The molecule has 0 radical (unpaired) electrons. The molecule has 1 aliphatic rings. The summed E-state index contributed by atoms with van der Waals surface area (Å²) in [6, 6.07) is 4.61. The number of esters is 1. The largest absolute Gasteiger partial charge is 0.465 e. The maximum Gasteiger partial charge on any atom is 0.340 e. The second-order valence-electron chi connectivity index (χ2n) is 3.78. The lowest BCUT2D eigenvalue weighted by molar-refractivity contribution is 0.0455. The van der Waals surface area contributed by atoms with Gasteiger partial charge in [0.2, 0.25) is 0 Å².